The monoisotopic (exact) mass is 183 g/mol. The van der Waals surface area contributed by atoms with Crippen LogP contribution in [0, 0.1) is 0 Å². The molecule has 2 saturated heterocycles. The van der Waals surface area contributed by atoms with Gasteiger partial charge in [0.05, 0.1) is 0 Å². The lowest BCUT2D eigenvalue weighted by atomic mass is 10.1. The van der Waals surface area contributed by atoms with Crippen molar-refractivity contribution < 1.29 is 0 Å². The molecule has 2 rings (SSSR count). The molecule has 0 saturated carbocycles. The van der Waals surface area contributed by atoms with Crippen molar-refractivity contribution in [2.45, 2.75) is 24.9 Å². The lowest BCUT2D eigenvalue weighted by Crippen LogP contribution is -2.59. The summed E-state index contributed by atoms with van der Waals surface area (Å²) in [4.78, 5) is 4.90. The summed E-state index contributed by atoms with van der Waals surface area (Å²) in [6, 6.07) is 1.59. The van der Waals surface area contributed by atoms with Gasteiger partial charge in [-0.2, -0.15) is 0 Å². The number of rotatable bonds is 3. The van der Waals surface area contributed by atoms with Crippen LogP contribution in [0.3, 0.4) is 0 Å². The number of nitrogens with zero attached hydrogens (tertiary/aromatic N) is 2. The van der Waals surface area contributed by atoms with Crippen LogP contribution < -0.4 is 5.32 Å². The van der Waals surface area contributed by atoms with Crippen molar-refractivity contribution in [2.75, 3.05) is 40.3 Å². The summed E-state index contributed by atoms with van der Waals surface area (Å²) in [7, 11) is 4.35. The molecule has 0 unspecified atom stereocenters. The first-order valence-corrected chi connectivity index (χ1v) is 5.38. The van der Waals surface area contributed by atoms with E-state index < -0.39 is 0 Å². The minimum Gasteiger partial charge on any atom is -0.313 e. The molecule has 0 amide bonds. The molecule has 2 aliphatic heterocycles. The van der Waals surface area contributed by atoms with E-state index in [4.69, 9.17) is 0 Å². The zero-order valence-corrected chi connectivity index (χ0v) is 8.79. The van der Waals surface area contributed by atoms with E-state index in [0.29, 0.717) is 0 Å². The molecule has 1 N–H and O–H groups in total. The zero-order valence-electron chi connectivity index (χ0n) is 8.79. The average molecular weight is 183 g/mol. The summed E-state index contributed by atoms with van der Waals surface area (Å²) in [5, 5.41) is 3.54. The molecule has 76 valence electrons. The smallest absolute Gasteiger partial charge is 0.0344 e. The summed E-state index contributed by atoms with van der Waals surface area (Å²) in [5.41, 5.74) is 0. The van der Waals surface area contributed by atoms with Gasteiger partial charge < -0.3 is 10.2 Å². The molecule has 0 radical (unpaired) electrons. The number of nitrogens with one attached hydrogen (secondary N) is 1. The van der Waals surface area contributed by atoms with Gasteiger partial charge in [-0.3, -0.25) is 4.90 Å². The van der Waals surface area contributed by atoms with E-state index in [1.54, 1.807) is 0 Å². The molecule has 0 aromatic heterocycles. The normalized spacial score (nSPS) is 31.2. The van der Waals surface area contributed by atoms with Crippen LogP contribution in [0.25, 0.3) is 0 Å². The van der Waals surface area contributed by atoms with Crippen molar-refractivity contribution in [2.24, 2.45) is 0 Å². The van der Waals surface area contributed by atoms with Crippen molar-refractivity contribution in [3.63, 3.8) is 0 Å². The Morgan fingerprint density at radius 2 is 2.15 bits per heavy atom. The number of likely N-dealkylation sites (N-methyl/N-ethyl adjacent to an activating group) is 1. The Bertz CT molecular complexity index is 158. The Morgan fingerprint density at radius 1 is 1.38 bits per heavy atom. The SMILES string of the molecule is CN(C)C1CN(C[C@H]2CCCN2)C1. The number of hydrogen-bond acceptors (Lipinski definition) is 3. The second-order valence-corrected chi connectivity index (χ2v) is 4.63. The third-order valence-electron chi connectivity index (χ3n) is 3.31. The van der Waals surface area contributed by atoms with Crippen LogP contribution in [0.1, 0.15) is 12.8 Å². The highest BCUT2D eigenvalue weighted by molar-refractivity contribution is 4.89. The first-order chi connectivity index (χ1) is 6.25. The topological polar surface area (TPSA) is 18.5 Å². The van der Waals surface area contributed by atoms with Crippen molar-refractivity contribution in [1.29, 1.82) is 0 Å². The van der Waals surface area contributed by atoms with E-state index in [-0.39, 0.29) is 0 Å². The second-order valence-electron chi connectivity index (χ2n) is 4.63. The van der Waals surface area contributed by atoms with Crippen LogP contribution in [0.5, 0.6) is 0 Å². The van der Waals surface area contributed by atoms with Crippen LogP contribution in [-0.2, 0) is 0 Å². The molecule has 2 fully saturated rings. The molecule has 0 bridgehead atoms. The molecular weight excluding hydrogens is 162 g/mol. The summed E-state index contributed by atoms with van der Waals surface area (Å²) in [6.07, 6.45) is 2.75. The van der Waals surface area contributed by atoms with Crippen LogP contribution in [0.4, 0.5) is 0 Å². The van der Waals surface area contributed by atoms with Gasteiger partial charge in [0.2, 0.25) is 0 Å². The highest BCUT2D eigenvalue weighted by Crippen LogP contribution is 2.15. The Morgan fingerprint density at radius 3 is 2.69 bits per heavy atom. The van der Waals surface area contributed by atoms with Crippen LogP contribution in [0.2, 0.25) is 0 Å². The average Bonchev–Trinajstić information content (AvgIpc) is 2.46. The molecular formula is C10H21N3. The standard InChI is InChI=1S/C10H21N3/c1-12(2)10-7-13(8-10)6-9-4-3-5-11-9/h9-11H,3-8H2,1-2H3/t9-/m1/s1. The van der Waals surface area contributed by atoms with E-state index in [0.717, 1.165) is 12.1 Å². The molecule has 0 aliphatic carbocycles. The fourth-order valence-corrected chi connectivity index (χ4v) is 2.24. The molecule has 0 spiro atoms. The summed E-state index contributed by atoms with van der Waals surface area (Å²) in [5.74, 6) is 0. The van der Waals surface area contributed by atoms with E-state index in [1.807, 2.05) is 0 Å². The predicted octanol–water partition coefficient (Wildman–Crippen LogP) is -0.0158. The van der Waals surface area contributed by atoms with Crippen molar-refractivity contribution in [3.05, 3.63) is 0 Å². The summed E-state index contributed by atoms with van der Waals surface area (Å²) < 4.78 is 0. The summed E-state index contributed by atoms with van der Waals surface area (Å²) >= 11 is 0. The minimum atomic E-state index is 0.781. The van der Waals surface area contributed by atoms with E-state index in [1.165, 1.54) is 39.0 Å². The lowest BCUT2D eigenvalue weighted by Gasteiger charge is -2.43. The molecule has 0 aromatic carbocycles. The Labute approximate surface area is 81.1 Å². The van der Waals surface area contributed by atoms with Gasteiger partial charge in [-0.1, -0.05) is 0 Å². The minimum absolute atomic E-state index is 0.781. The van der Waals surface area contributed by atoms with Gasteiger partial charge in [0.25, 0.3) is 0 Å². The van der Waals surface area contributed by atoms with Crippen molar-refractivity contribution >= 4 is 0 Å². The van der Waals surface area contributed by atoms with Gasteiger partial charge in [-0.05, 0) is 33.5 Å². The van der Waals surface area contributed by atoms with Gasteiger partial charge in [-0.15, -0.1) is 0 Å². The molecule has 13 heavy (non-hydrogen) atoms. The number of likely N-dealkylation sites (tertiary alicyclic amines) is 1. The molecule has 2 heterocycles. The van der Waals surface area contributed by atoms with Gasteiger partial charge >= 0.3 is 0 Å². The Kier molecular flexibility index (Phi) is 2.86. The lowest BCUT2D eigenvalue weighted by molar-refractivity contribution is 0.0572. The second kappa shape index (κ2) is 3.95. The highest BCUT2D eigenvalue weighted by atomic mass is 15.3. The third kappa shape index (κ3) is 2.22. The molecule has 1 atom stereocenters. The Hall–Kier alpha value is -0.120. The fourth-order valence-electron chi connectivity index (χ4n) is 2.24. The van der Waals surface area contributed by atoms with Gasteiger partial charge in [-0.25, -0.2) is 0 Å². The Balaban J connectivity index is 1.63. The highest BCUT2D eigenvalue weighted by Gasteiger charge is 2.30. The largest absolute Gasteiger partial charge is 0.313 e. The summed E-state index contributed by atoms with van der Waals surface area (Å²) in [6.45, 7) is 5.04. The predicted molar refractivity (Wildman–Crippen MR) is 54.9 cm³/mol. The third-order valence-corrected chi connectivity index (χ3v) is 3.31. The maximum absolute atomic E-state index is 3.54. The molecule has 3 heteroatoms. The molecule has 2 aliphatic rings. The first-order valence-electron chi connectivity index (χ1n) is 5.38. The van der Waals surface area contributed by atoms with Crippen molar-refractivity contribution in [1.82, 2.24) is 15.1 Å². The van der Waals surface area contributed by atoms with Gasteiger partial charge in [0.1, 0.15) is 0 Å². The van der Waals surface area contributed by atoms with E-state index >= 15 is 0 Å². The van der Waals surface area contributed by atoms with E-state index in [2.05, 4.69) is 29.2 Å². The van der Waals surface area contributed by atoms with Crippen LogP contribution >= 0.6 is 0 Å². The number of hydrogen-bond donors (Lipinski definition) is 1. The maximum Gasteiger partial charge on any atom is 0.0344 e. The zero-order chi connectivity index (χ0) is 9.26. The molecule has 0 aromatic rings. The van der Waals surface area contributed by atoms with Crippen molar-refractivity contribution in [3.8, 4) is 0 Å². The quantitative estimate of drug-likeness (QED) is 0.663. The van der Waals surface area contributed by atoms with Gasteiger partial charge in [0, 0.05) is 31.7 Å². The van der Waals surface area contributed by atoms with Gasteiger partial charge in [0.15, 0.2) is 0 Å². The maximum atomic E-state index is 3.54. The molecule has 3 nitrogen and oxygen atoms in total. The van der Waals surface area contributed by atoms with E-state index in [9.17, 15) is 0 Å². The fraction of sp³-hybridized carbons (Fsp3) is 1.00. The van der Waals surface area contributed by atoms with Crippen LogP contribution in [-0.4, -0.2) is 62.2 Å². The first kappa shape index (κ1) is 9.44. The van der Waals surface area contributed by atoms with Crippen LogP contribution in [0.15, 0.2) is 0 Å².